The van der Waals surface area contributed by atoms with E-state index >= 15 is 0 Å². The second-order valence-corrected chi connectivity index (χ2v) is 4.65. The van der Waals surface area contributed by atoms with Crippen LogP contribution in [0, 0.1) is 10.1 Å². The third kappa shape index (κ3) is 4.47. The summed E-state index contributed by atoms with van der Waals surface area (Å²) in [7, 11) is 0. The quantitative estimate of drug-likeness (QED) is 0.650. The van der Waals surface area contributed by atoms with Crippen LogP contribution in [0.3, 0.4) is 0 Å². The summed E-state index contributed by atoms with van der Waals surface area (Å²) >= 11 is 0. The van der Waals surface area contributed by atoms with Crippen molar-refractivity contribution in [1.29, 1.82) is 0 Å². The van der Waals surface area contributed by atoms with Gasteiger partial charge in [0.2, 0.25) is 5.91 Å². The fourth-order valence-corrected chi connectivity index (χ4v) is 2.26. The molecule has 1 saturated heterocycles. The molecule has 0 unspecified atom stereocenters. The number of hydrogen-bond donors (Lipinski definition) is 2. The highest BCUT2D eigenvalue weighted by Gasteiger charge is 2.19. The highest BCUT2D eigenvalue weighted by atomic mass is 35.5. The van der Waals surface area contributed by atoms with Crippen LogP contribution in [-0.2, 0) is 11.2 Å². The van der Waals surface area contributed by atoms with E-state index in [1.807, 2.05) is 0 Å². The number of piperidine rings is 1. The van der Waals surface area contributed by atoms with Crippen LogP contribution in [0.1, 0.15) is 18.4 Å². The molecule has 2 rings (SSSR count). The lowest BCUT2D eigenvalue weighted by Crippen LogP contribution is -2.43. The topological polar surface area (TPSA) is 84.3 Å². The molecule has 0 aromatic heterocycles. The summed E-state index contributed by atoms with van der Waals surface area (Å²) in [5.41, 5.74) is 0.460. The molecular weight excluding hydrogens is 282 g/mol. The predicted octanol–water partition coefficient (Wildman–Crippen LogP) is 1.43. The molecule has 1 amide bonds. The van der Waals surface area contributed by atoms with Gasteiger partial charge >= 0.3 is 0 Å². The highest BCUT2D eigenvalue weighted by Crippen LogP contribution is 2.18. The molecule has 1 aliphatic heterocycles. The van der Waals surface area contributed by atoms with Crippen molar-refractivity contribution in [2.75, 3.05) is 13.1 Å². The smallest absolute Gasteiger partial charge is 0.273 e. The SMILES string of the molecule is Cl.O=C(Cc1ccccc1[N+](=O)[O-])NC1CCNCC1. The van der Waals surface area contributed by atoms with Crippen molar-refractivity contribution in [3.8, 4) is 0 Å². The Morgan fingerprint density at radius 3 is 2.65 bits per heavy atom. The molecule has 0 atom stereocenters. The van der Waals surface area contributed by atoms with Gasteiger partial charge < -0.3 is 10.6 Å². The van der Waals surface area contributed by atoms with E-state index in [-0.39, 0.29) is 36.5 Å². The fourth-order valence-electron chi connectivity index (χ4n) is 2.26. The fraction of sp³-hybridized carbons (Fsp3) is 0.462. The number of halogens is 1. The van der Waals surface area contributed by atoms with Gasteiger partial charge in [-0.15, -0.1) is 12.4 Å². The molecule has 0 spiro atoms. The minimum atomic E-state index is -0.451. The second kappa shape index (κ2) is 7.81. The first-order valence-electron chi connectivity index (χ1n) is 6.39. The van der Waals surface area contributed by atoms with Crippen LogP contribution in [0.15, 0.2) is 24.3 Å². The standard InChI is InChI=1S/C13H17N3O3.ClH/c17-13(15-11-5-7-14-8-6-11)9-10-3-1-2-4-12(10)16(18)19;/h1-4,11,14H,5-9H2,(H,15,17);1H. The zero-order valence-electron chi connectivity index (χ0n) is 11.0. The number of para-hydroxylation sites is 1. The molecule has 1 fully saturated rings. The molecule has 1 aromatic carbocycles. The maximum atomic E-state index is 11.9. The summed E-state index contributed by atoms with van der Waals surface area (Å²) in [6.45, 7) is 1.80. The van der Waals surface area contributed by atoms with Crippen LogP contribution in [0.2, 0.25) is 0 Å². The van der Waals surface area contributed by atoms with Gasteiger partial charge in [-0.1, -0.05) is 18.2 Å². The van der Waals surface area contributed by atoms with E-state index in [9.17, 15) is 14.9 Å². The van der Waals surface area contributed by atoms with Gasteiger partial charge in [-0.05, 0) is 25.9 Å². The molecule has 20 heavy (non-hydrogen) atoms. The minimum absolute atomic E-state index is 0. The third-order valence-electron chi connectivity index (χ3n) is 3.24. The van der Waals surface area contributed by atoms with Gasteiger partial charge in [-0.25, -0.2) is 0 Å². The lowest BCUT2D eigenvalue weighted by Gasteiger charge is -2.23. The average molecular weight is 300 g/mol. The summed E-state index contributed by atoms with van der Waals surface area (Å²) in [5, 5.41) is 17.0. The molecule has 110 valence electrons. The van der Waals surface area contributed by atoms with Crippen molar-refractivity contribution in [3.05, 3.63) is 39.9 Å². The summed E-state index contributed by atoms with van der Waals surface area (Å²) in [5.74, 6) is -0.152. The lowest BCUT2D eigenvalue weighted by atomic mass is 10.1. The highest BCUT2D eigenvalue weighted by molar-refractivity contribution is 5.85. The molecule has 1 aromatic rings. The first kappa shape index (κ1) is 16.4. The van der Waals surface area contributed by atoms with E-state index in [0.717, 1.165) is 25.9 Å². The Bertz CT molecular complexity index is 476. The number of nitrogens with one attached hydrogen (secondary N) is 2. The largest absolute Gasteiger partial charge is 0.353 e. The van der Waals surface area contributed by atoms with Crippen molar-refractivity contribution in [2.24, 2.45) is 0 Å². The Hall–Kier alpha value is -1.66. The average Bonchev–Trinajstić information content (AvgIpc) is 2.40. The van der Waals surface area contributed by atoms with Crippen molar-refractivity contribution < 1.29 is 9.72 Å². The molecule has 2 N–H and O–H groups in total. The molecular formula is C13H18ClN3O3. The number of hydrogen-bond acceptors (Lipinski definition) is 4. The number of amides is 1. The molecule has 1 heterocycles. The van der Waals surface area contributed by atoms with Crippen molar-refractivity contribution in [3.63, 3.8) is 0 Å². The van der Waals surface area contributed by atoms with Crippen LogP contribution >= 0.6 is 12.4 Å². The van der Waals surface area contributed by atoms with Crippen LogP contribution in [0.5, 0.6) is 0 Å². The molecule has 0 saturated carbocycles. The Morgan fingerprint density at radius 1 is 1.35 bits per heavy atom. The molecule has 1 aliphatic rings. The van der Waals surface area contributed by atoms with Crippen LogP contribution in [0.4, 0.5) is 5.69 Å². The Balaban J connectivity index is 0.00000200. The van der Waals surface area contributed by atoms with Gasteiger partial charge in [0.15, 0.2) is 0 Å². The number of nitro benzene ring substituents is 1. The summed E-state index contributed by atoms with van der Waals surface area (Å²) in [4.78, 5) is 22.3. The lowest BCUT2D eigenvalue weighted by molar-refractivity contribution is -0.385. The van der Waals surface area contributed by atoms with Gasteiger partial charge in [0.1, 0.15) is 0 Å². The Morgan fingerprint density at radius 2 is 2.00 bits per heavy atom. The van der Waals surface area contributed by atoms with Gasteiger partial charge in [0.05, 0.1) is 11.3 Å². The van der Waals surface area contributed by atoms with Crippen molar-refractivity contribution >= 4 is 24.0 Å². The molecule has 0 bridgehead atoms. The number of carbonyl (C=O) groups excluding carboxylic acids is 1. The van der Waals surface area contributed by atoms with Gasteiger partial charge in [-0.2, -0.15) is 0 Å². The van der Waals surface area contributed by atoms with Crippen LogP contribution in [-0.4, -0.2) is 30.0 Å². The summed E-state index contributed by atoms with van der Waals surface area (Å²) < 4.78 is 0. The maximum Gasteiger partial charge on any atom is 0.273 e. The monoisotopic (exact) mass is 299 g/mol. The number of carbonyl (C=O) groups is 1. The summed E-state index contributed by atoms with van der Waals surface area (Å²) in [6.07, 6.45) is 1.87. The van der Waals surface area contributed by atoms with Gasteiger partial charge in [0, 0.05) is 17.7 Å². The molecule has 7 heteroatoms. The first-order chi connectivity index (χ1) is 9.16. The number of nitrogens with zero attached hydrogens (tertiary/aromatic N) is 1. The molecule has 0 radical (unpaired) electrons. The van der Waals surface area contributed by atoms with E-state index in [0.29, 0.717) is 5.56 Å². The van der Waals surface area contributed by atoms with E-state index < -0.39 is 4.92 Å². The number of benzene rings is 1. The number of nitro groups is 1. The van der Waals surface area contributed by atoms with E-state index in [4.69, 9.17) is 0 Å². The van der Waals surface area contributed by atoms with Gasteiger partial charge in [-0.3, -0.25) is 14.9 Å². The Kier molecular flexibility index (Phi) is 6.41. The third-order valence-corrected chi connectivity index (χ3v) is 3.24. The van der Waals surface area contributed by atoms with Gasteiger partial charge in [0.25, 0.3) is 5.69 Å². The van der Waals surface area contributed by atoms with E-state index in [1.165, 1.54) is 6.07 Å². The predicted molar refractivity (Wildman–Crippen MR) is 78.1 cm³/mol. The van der Waals surface area contributed by atoms with Crippen LogP contribution < -0.4 is 10.6 Å². The maximum absolute atomic E-state index is 11.9. The summed E-state index contributed by atoms with van der Waals surface area (Å²) in [6, 6.07) is 6.54. The zero-order chi connectivity index (χ0) is 13.7. The van der Waals surface area contributed by atoms with Crippen molar-refractivity contribution in [1.82, 2.24) is 10.6 Å². The van der Waals surface area contributed by atoms with Crippen molar-refractivity contribution in [2.45, 2.75) is 25.3 Å². The molecule has 0 aliphatic carbocycles. The van der Waals surface area contributed by atoms with Crippen LogP contribution in [0.25, 0.3) is 0 Å². The van der Waals surface area contributed by atoms with E-state index in [2.05, 4.69) is 10.6 Å². The zero-order valence-corrected chi connectivity index (χ0v) is 11.8. The molecule has 6 nitrogen and oxygen atoms in total. The normalized spacial score (nSPS) is 15.2. The van der Waals surface area contributed by atoms with E-state index in [1.54, 1.807) is 18.2 Å². The minimum Gasteiger partial charge on any atom is -0.353 e. The Labute approximate surface area is 123 Å². The number of rotatable bonds is 4. The first-order valence-corrected chi connectivity index (χ1v) is 6.39. The second-order valence-electron chi connectivity index (χ2n) is 4.65.